The fourth-order valence-corrected chi connectivity index (χ4v) is 3.21. The molecule has 140 valence electrons. The molecule has 27 heavy (non-hydrogen) atoms. The number of nitrogens with two attached hydrogens (primary N) is 1. The Kier molecular flexibility index (Phi) is 4.49. The molecule has 0 spiro atoms. The number of anilines is 2. The van der Waals surface area contributed by atoms with E-state index >= 15 is 0 Å². The second-order valence-electron chi connectivity index (χ2n) is 6.55. The van der Waals surface area contributed by atoms with Crippen molar-refractivity contribution in [3.05, 3.63) is 54.0 Å². The fourth-order valence-electron chi connectivity index (χ4n) is 3.21. The number of urea groups is 1. The lowest BCUT2D eigenvalue weighted by atomic mass is 10.2. The SMILES string of the molecule is Nc1nc2ccc(N3CCC(NC(=O)NCc4ccc(F)cc4)C3)cn2n1. The molecule has 1 aliphatic rings. The summed E-state index contributed by atoms with van der Waals surface area (Å²) < 4.78 is 14.6. The smallest absolute Gasteiger partial charge is 0.315 e. The number of nitrogens with one attached hydrogen (secondary N) is 2. The number of benzene rings is 1. The van der Waals surface area contributed by atoms with Crippen LogP contribution in [0.15, 0.2) is 42.6 Å². The van der Waals surface area contributed by atoms with Gasteiger partial charge in [-0.1, -0.05) is 12.1 Å². The summed E-state index contributed by atoms with van der Waals surface area (Å²) in [6.07, 6.45) is 2.73. The summed E-state index contributed by atoms with van der Waals surface area (Å²) in [5.74, 6) is -0.0491. The van der Waals surface area contributed by atoms with Gasteiger partial charge in [0.1, 0.15) is 5.82 Å². The summed E-state index contributed by atoms with van der Waals surface area (Å²) in [5.41, 5.74) is 8.17. The molecule has 9 heteroatoms. The summed E-state index contributed by atoms with van der Waals surface area (Å²) >= 11 is 0. The highest BCUT2D eigenvalue weighted by atomic mass is 19.1. The summed E-state index contributed by atoms with van der Waals surface area (Å²) in [4.78, 5) is 18.4. The molecule has 4 rings (SSSR count). The number of hydrogen-bond acceptors (Lipinski definition) is 5. The maximum Gasteiger partial charge on any atom is 0.315 e. The molecule has 1 aromatic carbocycles. The minimum Gasteiger partial charge on any atom is -0.368 e. The van der Waals surface area contributed by atoms with Gasteiger partial charge in [0, 0.05) is 25.7 Å². The lowest BCUT2D eigenvalue weighted by molar-refractivity contribution is 0.237. The van der Waals surface area contributed by atoms with Gasteiger partial charge in [-0.15, -0.1) is 5.10 Å². The van der Waals surface area contributed by atoms with Gasteiger partial charge in [-0.3, -0.25) is 0 Å². The lowest BCUT2D eigenvalue weighted by Crippen LogP contribution is -2.43. The Morgan fingerprint density at radius 2 is 2.07 bits per heavy atom. The van der Waals surface area contributed by atoms with Gasteiger partial charge < -0.3 is 21.3 Å². The standard InChI is InChI=1S/C18H20FN7O/c19-13-3-1-12(2-4-13)9-21-18(27)22-14-7-8-25(10-14)15-5-6-16-23-17(20)24-26(16)11-15/h1-6,11,14H,7-10H2,(H2,20,24)(H2,21,22,27). The Hall–Kier alpha value is -3.36. The van der Waals surface area contributed by atoms with E-state index in [1.807, 2.05) is 18.3 Å². The number of hydrogen-bond donors (Lipinski definition) is 3. The first-order chi connectivity index (χ1) is 13.1. The van der Waals surface area contributed by atoms with Crippen LogP contribution in [0.25, 0.3) is 5.65 Å². The third kappa shape index (κ3) is 3.91. The Balaban J connectivity index is 1.30. The van der Waals surface area contributed by atoms with Gasteiger partial charge in [0.15, 0.2) is 5.65 Å². The van der Waals surface area contributed by atoms with Crippen LogP contribution in [-0.4, -0.2) is 39.8 Å². The van der Waals surface area contributed by atoms with E-state index in [4.69, 9.17) is 5.73 Å². The van der Waals surface area contributed by atoms with Crippen LogP contribution in [0, 0.1) is 5.82 Å². The molecule has 0 aliphatic carbocycles. The number of nitrogens with zero attached hydrogens (tertiary/aromatic N) is 4. The maximum absolute atomic E-state index is 12.9. The fraction of sp³-hybridized carbons (Fsp3) is 0.278. The molecular formula is C18H20FN7O. The van der Waals surface area contributed by atoms with Crippen LogP contribution in [0.5, 0.6) is 0 Å². The highest BCUT2D eigenvalue weighted by molar-refractivity contribution is 5.74. The van der Waals surface area contributed by atoms with E-state index in [2.05, 4.69) is 25.6 Å². The monoisotopic (exact) mass is 369 g/mol. The van der Waals surface area contributed by atoms with Crippen LogP contribution in [0.1, 0.15) is 12.0 Å². The molecule has 8 nitrogen and oxygen atoms in total. The first kappa shape index (κ1) is 17.1. The predicted molar refractivity (Wildman–Crippen MR) is 99.8 cm³/mol. The van der Waals surface area contributed by atoms with E-state index in [-0.39, 0.29) is 23.8 Å². The van der Waals surface area contributed by atoms with Crippen molar-refractivity contribution in [2.24, 2.45) is 0 Å². The number of pyridine rings is 1. The first-order valence-electron chi connectivity index (χ1n) is 8.72. The zero-order valence-corrected chi connectivity index (χ0v) is 14.6. The van der Waals surface area contributed by atoms with Crippen molar-refractivity contribution in [1.29, 1.82) is 0 Å². The zero-order chi connectivity index (χ0) is 18.8. The number of nitrogen functional groups attached to an aromatic ring is 1. The van der Waals surface area contributed by atoms with Gasteiger partial charge in [0.2, 0.25) is 5.95 Å². The lowest BCUT2D eigenvalue weighted by Gasteiger charge is -2.19. The molecule has 0 radical (unpaired) electrons. The molecule has 0 bridgehead atoms. The summed E-state index contributed by atoms with van der Waals surface area (Å²) in [6, 6.07) is 9.72. The Bertz CT molecular complexity index is 956. The zero-order valence-electron chi connectivity index (χ0n) is 14.6. The minimum absolute atomic E-state index is 0.0507. The minimum atomic E-state index is -0.291. The molecule has 1 atom stereocenters. The van der Waals surface area contributed by atoms with E-state index in [0.29, 0.717) is 18.7 Å². The summed E-state index contributed by atoms with van der Waals surface area (Å²) in [7, 11) is 0. The summed E-state index contributed by atoms with van der Waals surface area (Å²) in [6.45, 7) is 1.89. The number of rotatable bonds is 4. The molecular weight excluding hydrogens is 349 g/mol. The largest absolute Gasteiger partial charge is 0.368 e. The second-order valence-corrected chi connectivity index (χ2v) is 6.55. The molecule has 0 saturated carbocycles. The maximum atomic E-state index is 12.9. The van der Waals surface area contributed by atoms with Crippen molar-refractivity contribution >= 4 is 23.3 Å². The Morgan fingerprint density at radius 3 is 2.89 bits per heavy atom. The second kappa shape index (κ2) is 7.10. The number of carbonyl (C=O) groups is 1. The van der Waals surface area contributed by atoms with E-state index in [0.717, 1.165) is 24.2 Å². The quantitative estimate of drug-likeness (QED) is 0.648. The number of amides is 2. The third-order valence-electron chi connectivity index (χ3n) is 4.59. The number of fused-ring (bicyclic) bond motifs is 1. The average molecular weight is 369 g/mol. The first-order valence-corrected chi connectivity index (χ1v) is 8.72. The molecule has 1 fully saturated rings. The molecule has 3 aromatic rings. The molecule has 2 amide bonds. The van der Waals surface area contributed by atoms with E-state index in [1.165, 1.54) is 12.1 Å². The van der Waals surface area contributed by atoms with E-state index in [9.17, 15) is 9.18 Å². The Labute approximate surface area is 155 Å². The van der Waals surface area contributed by atoms with Crippen molar-refractivity contribution in [3.63, 3.8) is 0 Å². The van der Waals surface area contributed by atoms with Crippen LogP contribution < -0.4 is 21.3 Å². The third-order valence-corrected chi connectivity index (χ3v) is 4.59. The van der Waals surface area contributed by atoms with Crippen LogP contribution in [0.3, 0.4) is 0 Å². The van der Waals surface area contributed by atoms with Crippen LogP contribution in [0.2, 0.25) is 0 Å². The summed E-state index contributed by atoms with van der Waals surface area (Å²) in [5, 5.41) is 9.91. The van der Waals surface area contributed by atoms with E-state index in [1.54, 1.807) is 16.6 Å². The molecule has 1 unspecified atom stereocenters. The highest BCUT2D eigenvalue weighted by Crippen LogP contribution is 2.21. The van der Waals surface area contributed by atoms with Crippen molar-refractivity contribution in [2.75, 3.05) is 23.7 Å². The molecule has 1 saturated heterocycles. The van der Waals surface area contributed by atoms with Crippen molar-refractivity contribution in [1.82, 2.24) is 25.2 Å². The number of halogens is 1. The van der Waals surface area contributed by atoms with Gasteiger partial charge in [0.05, 0.1) is 11.9 Å². The van der Waals surface area contributed by atoms with Crippen molar-refractivity contribution in [3.8, 4) is 0 Å². The van der Waals surface area contributed by atoms with Crippen LogP contribution in [0.4, 0.5) is 20.8 Å². The van der Waals surface area contributed by atoms with E-state index < -0.39 is 0 Å². The topological polar surface area (TPSA) is 101 Å². The van der Waals surface area contributed by atoms with Gasteiger partial charge in [-0.25, -0.2) is 13.7 Å². The van der Waals surface area contributed by atoms with Gasteiger partial charge in [-0.05, 0) is 36.2 Å². The van der Waals surface area contributed by atoms with Gasteiger partial charge in [-0.2, -0.15) is 4.98 Å². The van der Waals surface area contributed by atoms with Crippen LogP contribution >= 0.6 is 0 Å². The number of aromatic nitrogens is 3. The molecule has 2 aromatic heterocycles. The Morgan fingerprint density at radius 1 is 1.26 bits per heavy atom. The molecule has 3 heterocycles. The predicted octanol–water partition coefficient (Wildman–Crippen LogP) is 1.53. The van der Waals surface area contributed by atoms with Gasteiger partial charge in [0.25, 0.3) is 0 Å². The molecule has 4 N–H and O–H groups in total. The van der Waals surface area contributed by atoms with Crippen molar-refractivity contribution in [2.45, 2.75) is 19.0 Å². The normalized spacial score (nSPS) is 16.6. The number of carbonyl (C=O) groups excluding carboxylic acids is 1. The van der Waals surface area contributed by atoms with Crippen molar-refractivity contribution < 1.29 is 9.18 Å². The highest BCUT2D eigenvalue weighted by Gasteiger charge is 2.24. The average Bonchev–Trinajstić information content (AvgIpc) is 3.26. The van der Waals surface area contributed by atoms with Crippen LogP contribution in [-0.2, 0) is 6.54 Å². The molecule has 1 aliphatic heterocycles. The van der Waals surface area contributed by atoms with Gasteiger partial charge >= 0.3 is 6.03 Å².